The van der Waals surface area contributed by atoms with E-state index in [4.69, 9.17) is 5.11 Å². The van der Waals surface area contributed by atoms with Crippen LogP contribution in [0, 0.1) is 5.82 Å². The Morgan fingerprint density at radius 3 is 2.47 bits per heavy atom. The molecule has 4 heteroatoms. The third-order valence-corrected chi connectivity index (χ3v) is 2.49. The van der Waals surface area contributed by atoms with E-state index < -0.39 is 5.54 Å². The molecule has 0 unspecified atom stereocenters. The SMILES string of the molecule is CC(C)(CCO)NC(=O)Cc1ccc(F)cc1. The van der Waals surface area contributed by atoms with Crippen molar-refractivity contribution in [1.82, 2.24) is 5.32 Å². The Morgan fingerprint density at radius 2 is 1.94 bits per heavy atom. The van der Waals surface area contributed by atoms with Gasteiger partial charge in [0.05, 0.1) is 6.42 Å². The molecule has 0 aliphatic rings. The lowest BCUT2D eigenvalue weighted by molar-refractivity contribution is -0.122. The number of carbonyl (C=O) groups excluding carboxylic acids is 1. The van der Waals surface area contributed by atoms with E-state index in [1.165, 1.54) is 12.1 Å². The fourth-order valence-corrected chi connectivity index (χ4v) is 1.55. The molecule has 1 rings (SSSR count). The highest BCUT2D eigenvalue weighted by molar-refractivity contribution is 5.79. The number of halogens is 1. The third kappa shape index (κ3) is 4.95. The van der Waals surface area contributed by atoms with Gasteiger partial charge in [0.25, 0.3) is 0 Å². The van der Waals surface area contributed by atoms with Crippen LogP contribution in [0.4, 0.5) is 4.39 Å². The van der Waals surface area contributed by atoms with Crippen LogP contribution < -0.4 is 5.32 Å². The van der Waals surface area contributed by atoms with Gasteiger partial charge in [-0.05, 0) is 38.0 Å². The lowest BCUT2D eigenvalue weighted by Gasteiger charge is -2.25. The smallest absolute Gasteiger partial charge is 0.224 e. The first-order chi connectivity index (χ1) is 7.93. The van der Waals surface area contributed by atoms with E-state index in [0.29, 0.717) is 6.42 Å². The lowest BCUT2D eigenvalue weighted by atomic mass is 10.0. The van der Waals surface area contributed by atoms with Gasteiger partial charge in [-0.3, -0.25) is 4.79 Å². The van der Waals surface area contributed by atoms with Crippen LogP contribution in [-0.4, -0.2) is 23.2 Å². The predicted octanol–water partition coefficient (Wildman–Crippen LogP) is 1.65. The number of aliphatic hydroxyl groups is 1. The second kappa shape index (κ2) is 5.77. The molecule has 0 saturated carbocycles. The molecular formula is C13H18FNO2. The van der Waals surface area contributed by atoms with Crippen molar-refractivity contribution in [1.29, 1.82) is 0 Å². The molecule has 0 aliphatic heterocycles. The van der Waals surface area contributed by atoms with E-state index in [-0.39, 0.29) is 24.8 Å². The molecule has 2 N–H and O–H groups in total. The quantitative estimate of drug-likeness (QED) is 0.820. The Balaban J connectivity index is 2.52. The number of amides is 1. The Labute approximate surface area is 101 Å². The molecular weight excluding hydrogens is 221 g/mol. The number of rotatable bonds is 5. The summed E-state index contributed by atoms with van der Waals surface area (Å²) in [6.07, 6.45) is 0.720. The Hall–Kier alpha value is -1.42. The molecule has 1 aromatic carbocycles. The van der Waals surface area contributed by atoms with E-state index >= 15 is 0 Å². The summed E-state index contributed by atoms with van der Waals surface area (Å²) in [6, 6.07) is 5.85. The molecule has 0 saturated heterocycles. The topological polar surface area (TPSA) is 49.3 Å². The summed E-state index contributed by atoms with van der Waals surface area (Å²) in [7, 11) is 0. The molecule has 1 amide bonds. The highest BCUT2D eigenvalue weighted by Gasteiger charge is 2.19. The predicted molar refractivity (Wildman–Crippen MR) is 64.0 cm³/mol. The van der Waals surface area contributed by atoms with Crippen LogP contribution in [-0.2, 0) is 11.2 Å². The van der Waals surface area contributed by atoms with Crippen LogP contribution >= 0.6 is 0 Å². The van der Waals surface area contributed by atoms with Gasteiger partial charge in [-0.15, -0.1) is 0 Å². The molecule has 0 heterocycles. The first-order valence-corrected chi connectivity index (χ1v) is 5.59. The third-order valence-electron chi connectivity index (χ3n) is 2.49. The molecule has 0 aliphatic carbocycles. The van der Waals surface area contributed by atoms with Gasteiger partial charge in [0.2, 0.25) is 5.91 Å². The van der Waals surface area contributed by atoms with Gasteiger partial charge in [-0.25, -0.2) is 4.39 Å². The van der Waals surface area contributed by atoms with Crippen molar-refractivity contribution < 1.29 is 14.3 Å². The van der Waals surface area contributed by atoms with Crippen LogP contribution in [0.3, 0.4) is 0 Å². The zero-order valence-corrected chi connectivity index (χ0v) is 10.2. The zero-order chi connectivity index (χ0) is 12.9. The van der Waals surface area contributed by atoms with Gasteiger partial charge in [-0.1, -0.05) is 12.1 Å². The molecule has 0 atom stereocenters. The summed E-state index contributed by atoms with van der Waals surface area (Å²) in [5.74, 6) is -0.440. The second-order valence-corrected chi connectivity index (χ2v) is 4.71. The number of hydrogen-bond donors (Lipinski definition) is 2. The van der Waals surface area contributed by atoms with E-state index in [1.54, 1.807) is 12.1 Å². The molecule has 0 fully saturated rings. The zero-order valence-electron chi connectivity index (χ0n) is 10.2. The average molecular weight is 239 g/mol. The summed E-state index contributed by atoms with van der Waals surface area (Å²) < 4.78 is 12.7. The van der Waals surface area contributed by atoms with Crippen molar-refractivity contribution in [2.24, 2.45) is 0 Å². The van der Waals surface area contributed by atoms with Gasteiger partial charge in [0.1, 0.15) is 5.82 Å². The molecule has 94 valence electrons. The fourth-order valence-electron chi connectivity index (χ4n) is 1.55. The number of aliphatic hydroxyl groups excluding tert-OH is 1. The van der Waals surface area contributed by atoms with E-state index in [2.05, 4.69) is 5.32 Å². The summed E-state index contributed by atoms with van der Waals surface area (Å²) in [5.41, 5.74) is 0.343. The van der Waals surface area contributed by atoms with Crippen molar-refractivity contribution in [3.8, 4) is 0 Å². The van der Waals surface area contributed by atoms with Gasteiger partial charge < -0.3 is 10.4 Å². The fraction of sp³-hybridized carbons (Fsp3) is 0.462. The van der Waals surface area contributed by atoms with E-state index in [0.717, 1.165) is 5.56 Å². The van der Waals surface area contributed by atoms with Gasteiger partial charge >= 0.3 is 0 Å². The number of benzene rings is 1. The Bertz CT molecular complexity index is 374. The van der Waals surface area contributed by atoms with Crippen molar-refractivity contribution in [2.45, 2.75) is 32.2 Å². The van der Waals surface area contributed by atoms with Gasteiger partial charge in [0, 0.05) is 12.1 Å². The molecule has 0 aromatic heterocycles. The highest BCUT2D eigenvalue weighted by Crippen LogP contribution is 2.09. The standard InChI is InChI=1S/C13H18FNO2/c1-13(2,7-8-16)15-12(17)9-10-3-5-11(14)6-4-10/h3-6,16H,7-9H2,1-2H3,(H,15,17). The highest BCUT2D eigenvalue weighted by atomic mass is 19.1. The van der Waals surface area contributed by atoms with Crippen molar-refractivity contribution in [2.75, 3.05) is 6.61 Å². The minimum atomic E-state index is -0.425. The monoisotopic (exact) mass is 239 g/mol. The summed E-state index contributed by atoms with van der Waals surface area (Å²) in [4.78, 5) is 11.7. The van der Waals surface area contributed by atoms with Crippen LogP contribution in [0.25, 0.3) is 0 Å². The first-order valence-electron chi connectivity index (χ1n) is 5.59. The van der Waals surface area contributed by atoms with Crippen LogP contribution in [0.15, 0.2) is 24.3 Å². The molecule has 1 aromatic rings. The minimum absolute atomic E-state index is 0.0316. The largest absolute Gasteiger partial charge is 0.396 e. The van der Waals surface area contributed by atoms with Crippen molar-refractivity contribution >= 4 is 5.91 Å². The molecule has 0 spiro atoms. The number of hydrogen-bond acceptors (Lipinski definition) is 2. The summed E-state index contributed by atoms with van der Waals surface area (Å²) in [5, 5.41) is 11.7. The van der Waals surface area contributed by atoms with Crippen molar-refractivity contribution in [3.63, 3.8) is 0 Å². The van der Waals surface area contributed by atoms with E-state index in [1.807, 2.05) is 13.8 Å². The summed E-state index contributed by atoms with van der Waals surface area (Å²) >= 11 is 0. The first kappa shape index (κ1) is 13.6. The summed E-state index contributed by atoms with van der Waals surface area (Å²) in [6.45, 7) is 3.74. The minimum Gasteiger partial charge on any atom is -0.396 e. The molecule has 0 radical (unpaired) electrons. The maximum Gasteiger partial charge on any atom is 0.224 e. The normalized spacial score (nSPS) is 11.3. The average Bonchev–Trinajstić information content (AvgIpc) is 2.20. The van der Waals surface area contributed by atoms with Crippen LogP contribution in [0.1, 0.15) is 25.8 Å². The maximum atomic E-state index is 12.7. The maximum absolute atomic E-state index is 12.7. The number of carbonyl (C=O) groups is 1. The van der Waals surface area contributed by atoms with Gasteiger partial charge in [-0.2, -0.15) is 0 Å². The Kier molecular flexibility index (Phi) is 4.63. The second-order valence-electron chi connectivity index (χ2n) is 4.71. The molecule has 0 bridgehead atoms. The Morgan fingerprint density at radius 1 is 1.35 bits per heavy atom. The van der Waals surface area contributed by atoms with Gasteiger partial charge in [0.15, 0.2) is 0 Å². The molecule has 17 heavy (non-hydrogen) atoms. The van der Waals surface area contributed by atoms with Crippen molar-refractivity contribution in [3.05, 3.63) is 35.6 Å². The van der Waals surface area contributed by atoms with Crippen LogP contribution in [0.2, 0.25) is 0 Å². The van der Waals surface area contributed by atoms with E-state index in [9.17, 15) is 9.18 Å². The molecule has 3 nitrogen and oxygen atoms in total. The lowest BCUT2D eigenvalue weighted by Crippen LogP contribution is -2.44. The van der Waals surface area contributed by atoms with Crippen LogP contribution in [0.5, 0.6) is 0 Å². The number of nitrogens with one attached hydrogen (secondary N) is 1.